The third kappa shape index (κ3) is 3.36. The van der Waals surface area contributed by atoms with Gasteiger partial charge in [-0.2, -0.15) is 0 Å². The maximum absolute atomic E-state index is 13.5. The Kier molecular flexibility index (Phi) is 4.85. The number of rotatable bonds is 3. The van der Waals surface area contributed by atoms with Crippen molar-refractivity contribution in [3.05, 3.63) is 69.0 Å². The van der Waals surface area contributed by atoms with Crippen molar-refractivity contribution < 1.29 is 24.0 Å². The van der Waals surface area contributed by atoms with E-state index < -0.39 is 28.4 Å². The zero-order chi connectivity index (χ0) is 18.8. The summed E-state index contributed by atoms with van der Waals surface area (Å²) in [4.78, 5) is 24.4. The predicted molar refractivity (Wildman–Crippen MR) is 90.5 cm³/mol. The molecule has 0 radical (unpaired) electrons. The first-order valence-corrected chi connectivity index (χ1v) is 8.01. The Hall–Kier alpha value is -3.00. The zero-order valence-corrected chi connectivity index (χ0v) is 14.0. The molecule has 0 bridgehead atoms. The Labute approximate surface area is 148 Å². The molecule has 7 nitrogen and oxygen atoms in total. The van der Waals surface area contributed by atoms with E-state index in [1.807, 2.05) is 0 Å². The Morgan fingerprint density at radius 3 is 2.85 bits per heavy atom. The molecule has 136 valence electrons. The number of hydrogen-bond acceptors (Lipinski definition) is 5. The highest BCUT2D eigenvalue weighted by atomic mass is 19.1. The van der Waals surface area contributed by atoms with E-state index in [0.29, 0.717) is 5.56 Å². The van der Waals surface area contributed by atoms with Gasteiger partial charge in [0.25, 0.3) is 5.91 Å². The van der Waals surface area contributed by atoms with Crippen molar-refractivity contribution in [3.63, 3.8) is 0 Å². The molecule has 26 heavy (non-hydrogen) atoms. The maximum atomic E-state index is 13.5. The minimum Gasteiger partial charge on any atom is -0.502 e. The van der Waals surface area contributed by atoms with Crippen molar-refractivity contribution in [1.29, 1.82) is 0 Å². The summed E-state index contributed by atoms with van der Waals surface area (Å²) < 4.78 is 19.1. The van der Waals surface area contributed by atoms with E-state index in [1.165, 1.54) is 23.1 Å². The van der Waals surface area contributed by atoms with Crippen LogP contribution in [-0.4, -0.2) is 40.5 Å². The van der Waals surface area contributed by atoms with Crippen LogP contribution in [0.4, 0.5) is 10.1 Å². The van der Waals surface area contributed by atoms with Crippen LogP contribution >= 0.6 is 0 Å². The molecule has 1 atom stereocenters. The van der Waals surface area contributed by atoms with E-state index >= 15 is 0 Å². The number of phenolic OH excluding ortho intramolecular Hbond substituents is 1. The summed E-state index contributed by atoms with van der Waals surface area (Å²) in [7, 11) is 0. The molecule has 3 rings (SSSR count). The van der Waals surface area contributed by atoms with Gasteiger partial charge in [-0.25, -0.2) is 4.39 Å². The number of halogens is 1. The van der Waals surface area contributed by atoms with Crippen molar-refractivity contribution in [2.24, 2.45) is 0 Å². The van der Waals surface area contributed by atoms with Crippen molar-refractivity contribution in [2.45, 2.75) is 13.0 Å². The fraction of sp³-hybridized carbons (Fsp3) is 0.278. The van der Waals surface area contributed by atoms with Crippen LogP contribution < -0.4 is 0 Å². The quantitative estimate of drug-likeness (QED) is 0.671. The molecule has 0 saturated carbocycles. The van der Waals surface area contributed by atoms with E-state index in [4.69, 9.17) is 4.74 Å². The van der Waals surface area contributed by atoms with Crippen molar-refractivity contribution in [1.82, 2.24) is 4.90 Å². The van der Waals surface area contributed by atoms with Crippen molar-refractivity contribution in [2.75, 3.05) is 19.7 Å². The molecule has 2 aromatic carbocycles. The van der Waals surface area contributed by atoms with Gasteiger partial charge >= 0.3 is 5.69 Å². The van der Waals surface area contributed by atoms with Crippen molar-refractivity contribution >= 4 is 11.6 Å². The molecule has 8 heteroatoms. The number of hydrogen-bond donors (Lipinski definition) is 1. The normalized spacial score (nSPS) is 17.2. The molecule has 0 spiro atoms. The molecule has 1 N–H and O–H groups in total. The van der Waals surface area contributed by atoms with Crippen LogP contribution in [0.3, 0.4) is 0 Å². The number of aromatic hydroxyl groups is 1. The van der Waals surface area contributed by atoms with Crippen LogP contribution in [0.15, 0.2) is 36.4 Å². The van der Waals surface area contributed by atoms with Gasteiger partial charge in [0.1, 0.15) is 11.9 Å². The summed E-state index contributed by atoms with van der Waals surface area (Å²) in [6, 6.07) is 8.45. The van der Waals surface area contributed by atoms with Gasteiger partial charge in [-0.1, -0.05) is 18.2 Å². The lowest BCUT2D eigenvalue weighted by Crippen LogP contribution is -2.42. The monoisotopic (exact) mass is 360 g/mol. The maximum Gasteiger partial charge on any atom is 0.311 e. The first-order chi connectivity index (χ1) is 12.4. The van der Waals surface area contributed by atoms with E-state index in [-0.39, 0.29) is 31.1 Å². The van der Waals surface area contributed by atoms with Crippen LogP contribution in [0.2, 0.25) is 0 Å². The molecule has 1 unspecified atom stereocenters. The number of benzene rings is 2. The standard InChI is InChI=1S/C18H17FN2O5/c1-11-9-12(5-6-14(11)19)16-10-20(7-8-26-16)18(23)13-3-2-4-15(17(13)22)21(24)25/h2-6,9,16,22H,7-8,10H2,1H3. The SMILES string of the molecule is Cc1cc(C2CN(C(=O)c3cccc([N+](=O)[O-])c3O)CCO2)ccc1F. The van der Waals surface area contributed by atoms with Gasteiger partial charge in [0.2, 0.25) is 5.75 Å². The van der Waals surface area contributed by atoms with E-state index in [2.05, 4.69) is 0 Å². The summed E-state index contributed by atoms with van der Waals surface area (Å²) in [5.74, 6) is -1.49. The van der Waals surface area contributed by atoms with Gasteiger partial charge in [-0.15, -0.1) is 0 Å². The summed E-state index contributed by atoms with van der Waals surface area (Å²) in [5, 5.41) is 21.0. The first-order valence-electron chi connectivity index (χ1n) is 8.01. The number of phenols is 1. The lowest BCUT2D eigenvalue weighted by Gasteiger charge is -2.33. The number of nitrogens with zero attached hydrogens (tertiary/aromatic N) is 2. The van der Waals surface area contributed by atoms with Gasteiger partial charge < -0.3 is 14.7 Å². The van der Waals surface area contributed by atoms with Crippen molar-refractivity contribution in [3.8, 4) is 5.75 Å². The molecule has 1 amide bonds. The van der Waals surface area contributed by atoms with Gasteiger partial charge in [0.05, 0.1) is 23.6 Å². The average Bonchev–Trinajstić information content (AvgIpc) is 2.63. The molecule has 0 aromatic heterocycles. The summed E-state index contributed by atoms with van der Waals surface area (Å²) in [6.07, 6.45) is -0.437. The Balaban J connectivity index is 1.83. The number of nitro benzene ring substituents is 1. The minimum atomic E-state index is -0.741. The lowest BCUT2D eigenvalue weighted by molar-refractivity contribution is -0.385. The third-order valence-corrected chi connectivity index (χ3v) is 4.35. The minimum absolute atomic E-state index is 0.130. The Bertz CT molecular complexity index is 871. The fourth-order valence-corrected chi connectivity index (χ4v) is 2.93. The number of carbonyl (C=O) groups excluding carboxylic acids is 1. The highest BCUT2D eigenvalue weighted by Crippen LogP contribution is 2.31. The number of ether oxygens (including phenoxy) is 1. The highest BCUT2D eigenvalue weighted by molar-refractivity contribution is 5.98. The molecular formula is C18H17FN2O5. The van der Waals surface area contributed by atoms with Crippen LogP contribution in [0.5, 0.6) is 5.75 Å². The van der Waals surface area contributed by atoms with Crippen LogP contribution in [0.25, 0.3) is 0 Å². The summed E-state index contributed by atoms with van der Waals surface area (Å²) >= 11 is 0. The molecule has 1 aliphatic rings. The molecule has 1 fully saturated rings. The van der Waals surface area contributed by atoms with E-state index in [1.54, 1.807) is 19.1 Å². The van der Waals surface area contributed by atoms with E-state index in [9.17, 15) is 24.4 Å². The molecule has 1 heterocycles. The highest BCUT2D eigenvalue weighted by Gasteiger charge is 2.29. The van der Waals surface area contributed by atoms with Gasteiger partial charge in [-0.3, -0.25) is 14.9 Å². The van der Waals surface area contributed by atoms with Crippen LogP contribution in [-0.2, 0) is 4.74 Å². The number of para-hydroxylation sites is 1. The number of amides is 1. The van der Waals surface area contributed by atoms with Gasteiger partial charge in [-0.05, 0) is 30.2 Å². The number of morpholine rings is 1. The molecule has 1 aliphatic heterocycles. The molecular weight excluding hydrogens is 343 g/mol. The Morgan fingerprint density at radius 1 is 1.38 bits per heavy atom. The largest absolute Gasteiger partial charge is 0.502 e. The second-order valence-corrected chi connectivity index (χ2v) is 6.05. The summed E-state index contributed by atoms with van der Waals surface area (Å²) in [5.41, 5.74) is 0.570. The van der Waals surface area contributed by atoms with E-state index in [0.717, 1.165) is 11.6 Å². The lowest BCUT2D eigenvalue weighted by atomic mass is 10.0. The predicted octanol–water partition coefficient (Wildman–Crippen LogP) is 2.96. The van der Waals surface area contributed by atoms with Crippen LogP contribution in [0, 0.1) is 22.9 Å². The van der Waals surface area contributed by atoms with Crippen LogP contribution in [0.1, 0.15) is 27.6 Å². The third-order valence-electron chi connectivity index (χ3n) is 4.35. The number of carbonyl (C=O) groups is 1. The number of aryl methyl sites for hydroxylation is 1. The second kappa shape index (κ2) is 7.09. The second-order valence-electron chi connectivity index (χ2n) is 6.05. The van der Waals surface area contributed by atoms with Gasteiger partial charge in [0.15, 0.2) is 0 Å². The number of nitro groups is 1. The first kappa shape index (κ1) is 17.8. The molecule has 0 aliphatic carbocycles. The zero-order valence-electron chi connectivity index (χ0n) is 14.0. The molecule has 1 saturated heterocycles. The smallest absolute Gasteiger partial charge is 0.311 e. The topological polar surface area (TPSA) is 92.9 Å². The Morgan fingerprint density at radius 2 is 2.15 bits per heavy atom. The average molecular weight is 360 g/mol. The molecule has 2 aromatic rings. The van der Waals surface area contributed by atoms with Gasteiger partial charge in [0, 0.05) is 12.6 Å². The fourth-order valence-electron chi connectivity index (χ4n) is 2.93. The summed E-state index contributed by atoms with van der Waals surface area (Å²) in [6.45, 7) is 2.40.